The van der Waals surface area contributed by atoms with Crippen LogP contribution in [0.3, 0.4) is 0 Å². The van der Waals surface area contributed by atoms with E-state index in [2.05, 4.69) is 10.1 Å². The molecule has 0 aliphatic carbocycles. The van der Waals surface area contributed by atoms with Crippen molar-refractivity contribution in [2.45, 2.75) is 32.0 Å². The van der Waals surface area contributed by atoms with Crippen LogP contribution in [0.15, 0.2) is 35.4 Å². The molecule has 3 heterocycles. The van der Waals surface area contributed by atoms with Gasteiger partial charge in [0.15, 0.2) is 11.3 Å². The molecule has 2 aromatic rings. The van der Waals surface area contributed by atoms with E-state index in [9.17, 15) is 22.8 Å². The van der Waals surface area contributed by atoms with E-state index in [0.29, 0.717) is 24.5 Å². The lowest BCUT2D eigenvalue weighted by atomic mass is 10.0. The standard InChI is InChI=1S/C21H22ClF3N4O4/c1-13(33-17-11-27-28-20(31)19(17)21(23,24)25)12-32-9-6-18(30)29-7-4-14(5-8-29)16-3-2-15(22)10-26-16/h2-4,10-11,13H,5-9,12H2,1H3,(H,28,31)/t13-/m0/s1. The molecule has 3 rings (SSSR count). The van der Waals surface area contributed by atoms with Crippen LogP contribution in [0.2, 0.25) is 5.02 Å². The molecular weight excluding hydrogens is 465 g/mol. The number of hydrogen-bond donors (Lipinski definition) is 1. The number of rotatable bonds is 8. The summed E-state index contributed by atoms with van der Waals surface area (Å²) in [6.07, 6.45) is -0.576. The van der Waals surface area contributed by atoms with Gasteiger partial charge in [0.2, 0.25) is 5.91 Å². The SMILES string of the molecule is C[C@@H](COCCC(=O)N1CC=C(c2ccc(Cl)cn2)CC1)Oc1cn[nH]c(=O)c1C(F)(F)F. The fourth-order valence-corrected chi connectivity index (χ4v) is 3.36. The Hall–Kier alpha value is -2.92. The van der Waals surface area contributed by atoms with Crippen LogP contribution in [0, 0.1) is 0 Å². The first-order valence-electron chi connectivity index (χ1n) is 10.1. The minimum absolute atomic E-state index is 0.0658. The molecule has 1 N–H and O–H groups in total. The molecular formula is C21H22ClF3N4O4. The summed E-state index contributed by atoms with van der Waals surface area (Å²) in [6, 6.07) is 3.60. The van der Waals surface area contributed by atoms with Gasteiger partial charge in [-0.25, -0.2) is 5.10 Å². The van der Waals surface area contributed by atoms with Crippen molar-refractivity contribution in [2.75, 3.05) is 26.3 Å². The number of H-pyrrole nitrogens is 1. The van der Waals surface area contributed by atoms with Gasteiger partial charge in [-0.3, -0.25) is 14.6 Å². The highest BCUT2D eigenvalue weighted by molar-refractivity contribution is 6.30. The maximum atomic E-state index is 13.1. The van der Waals surface area contributed by atoms with Gasteiger partial charge in [-0.2, -0.15) is 18.3 Å². The summed E-state index contributed by atoms with van der Waals surface area (Å²) >= 11 is 5.85. The fourth-order valence-electron chi connectivity index (χ4n) is 3.25. The Morgan fingerprint density at radius 1 is 1.33 bits per heavy atom. The van der Waals surface area contributed by atoms with E-state index in [0.717, 1.165) is 17.5 Å². The molecule has 0 radical (unpaired) electrons. The van der Waals surface area contributed by atoms with E-state index in [1.54, 1.807) is 22.3 Å². The van der Waals surface area contributed by atoms with Gasteiger partial charge in [0.05, 0.1) is 36.5 Å². The van der Waals surface area contributed by atoms with Crippen molar-refractivity contribution in [3.8, 4) is 5.75 Å². The van der Waals surface area contributed by atoms with Crippen molar-refractivity contribution in [3.63, 3.8) is 0 Å². The first-order chi connectivity index (χ1) is 15.6. The number of nitrogens with one attached hydrogen (secondary N) is 1. The van der Waals surface area contributed by atoms with Crippen molar-refractivity contribution < 1.29 is 27.4 Å². The molecule has 0 saturated carbocycles. The first kappa shape index (κ1) is 24.7. The van der Waals surface area contributed by atoms with E-state index < -0.39 is 29.2 Å². The minimum Gasteiger partial charge on any atom is -0.486 e. The van der Waals surface area contributed by atoms with Gasteiger partial charge in [-0.1, -0.05) is 17.7 Å². The second-order valence-corrected chi connectivity index (χ2v) is 7.81. The summed E-state index contributed by atoms with van der Waals surface area (Å²) in [7, 11) is 0. The summed E-state index contributed by atoms with van der Waals surface area (Å²) in [5, 5.41) is 5.64. The molecule has 8 nitrogen and oxygen atoms in total. The number of alkyl halides is 3. The molecule has 0 unspecified atom stereocenters. The van der Waals surface area contributed by atoms with Crippen molar-refractivity contribution in [2.24, 2.45) is 0 Å². The van der Waals surface area contributed by atoms with E-state index in [1.165, 1.54) is 6.92 Å². The van der Waals surface area contributed by atoms with E-state index >= 15 is 0 Å². The molecule has 0 spiro atoms. The molecule has 33 heavy (non-hydrogen) atoms. The monoisotopic (exact) mass is 486 g/mol. The normalized spacial score (nSPS) is 15.2. The molecule has 12 heteroatoms. The molecule has 2 aromatic heterocycles. The molecule has 0 fully saturated rings. The Labute approximate surface area is 192 Å². The molecule has 1 aliphatic rings. The van der Waals surface area contributed by atoms with Crippen LogP contribution in [-0.4, -0.2) is 58.4 Å². The smallest absolute Gasteiger partial charge is 0.425 e. The second kappa shape index (κ2) is 10.8. The molecule has 1 aliphatic heterocycles. The quantitative estimate of drug-likeness (QED) is 0.575. The van der Waals surface area contributed by atoms with Crippen LogP contribution in [0.1, 0.15) is 31.0 Å². The predicted molar refractivity (Wildman–Crippen MR) is 114 cm³/mol. The topological polar surface area (TPSA) is 97.4 Å². The highest BCUT2D eigenvalue weighted by atomic mass is 35.5. The van der Waals surface area contributed by atoms with Gasteiger partial charge in [0.1, 0.15) is 6.10 Å². The van der Waals surface area contributed by atoms with Crippen molar-refractivity contribution >= 4 is 23.1 Å². The molecule has 178 valence electrons. The van der Waals surface area contributed by atoms with E-state index in [1.807, 2.05) is 12.1 Å². The van der Waals surface area contributed by atoms with Crippen LogP contribution in [0.25, 0.3) is 5.57 Å². The van der Waals surface area contributed by atoms with Gasteiger partial charge >= 0.3 is 6.18 Å². The summed E-state index contributed by atoms with van der Waals surface area (Å²) < 4.78 is 49.7. The van der Waals surface area contributed by atoms with Gasteiger partial charge in [-0.05, 0) is 31.1 Å². The van der Waals surface area contributed by atoms with E-state index in [4.69, 9.17) is 21.1 Å². The van der Waals surface area contributed by atoms with Gasteiger partial charge in [0, 0.05) is 19.3 Å². The Morgan fingerprint density at radius 3 is 2.76 bits per heavy atom. The minimum atomic E-state index is -4.88. The number of aromatic nitrogens is 3. The largest absolute Gasteiger partial charge is 0.486 e. The maximum absolute atomic E-state index is 13.1. The number of carbonyl (C=O) groups excluding carboxylic acids is 1. The summed E-state index contributed by atoms with van der Waals surface area (Å²) in [5.41, 5.74) is -0.964. The zero-order chi connectivity index (χ0) is 24.0. The third kappa shape index (κ3) is 6.78. The average Bonchev–Trinajstić information content (AvgIpc) is 2.76. The van der Waals surface area contributed by atoms with Crippen LogP contribution in [0.4, 0.5) is 13.2 Å². The Balaban J connectivity index is 1.42. The summed E-state index contributed by atoms with van der Waals surface area (Å²) in [5.74, 6) is -0.773. The van der Waals surface area contributed by atoms with Crippen molar-refractivity contribution in [1.29, 1.82) is 0 Å². The zero-order valence-electron chi connectivity index (χ0n) is 17.7. The third-order valence-electron chi connectivity index (χ3n) is 4.86. The Kier molecular flexibility index (Phi) is 8.09. The zero-order valence-corrected chi connectivity index (χ0v) is 18.4. The second-order valence-electron chi connectivity index (χ2n) is 7.37. The number of amides is 1. The summed E-state index contributed by atoms with van der Waals surface area (Å²) in [6.45, 7) is 2.50. The number of pyridine rings is 1. The maximum Gasteiger partial charge on any atom is 0.425 e. The lowest BCUT2D eigenvalue weighted by Crippen LogP contribution is -2.35. The highest BCUT2D eigenvalue weighted by Crippen LogP contribution is 2.33. The van der Waals surface area contributed by atoms with Crippen LogP contribution < -0.4 is 10.3 Å². The van der Waals surface area contributed by atoms with Gasteiger partial charge < -0.3 is 14.4 Å². The molecule has 1 amide bonds. The number of aromatic amines is 1. The molecule has 1 atom stereocenters. The lowest BCUT2D eigenvalue weighted by molar-refractivity contribution is -0.141. The molecule has 0 aromatic carbocycles. The first-order valence-corrected chi connectivity index (χ1v) is 10.5. The lowest BCUT2D eigenvalue weighted by Gasteiger charge is -2.26. The average molecular weight is 487 g/mol. The highest BCUT2D eigenvalue weighted by Gasteiger charge is 2.38. The summed E-state index contributed by atoms with van der Waals surface area (Å²) in [4.78, 5) is 29.8. The number of ether oxygens (including phenoxy) is 2. The van der Waals surface area contributed by atoms with Crippen LogP contribution >= 0.6 is 11.6 Å². The van der Waals surface area contributed by atoms with Crippen molar-refractivity contribution in [1.82, 2.24) is 20.1 Å². The Bertz CT molecular complexity index is 1060. The Morgan fingerprint density at radius 2 is 2.12 bits per heavy atom. The van der Waals surface area contributed by atoms with Crippen molar-refractivity contribution in [3.05, 3.63) is 57.2 Å². The molecule has 0 saturated heterocycles. The number of carbonyl (C=O) groups is 1. The number of nitrogens with zero attached hydrogens (tertiary/aromatic N) is 3. The molecule has 0 bridgehead atoms. The van der Waals surface area contributed by atoms with Crippen LogP contribution in [0.5, 0.6) is 5.75 Å². The fraction of sp³-hybridized carbons (Fsp3) is 0.429. The van der Waals surface area contributed by atoms with Gasteiger partial charge in [0.25, 0.3) is 5.56 Å². The number of halogens is 4. The van der Waals surface area contributed by atoms with Crippen LogP contribution in [-0.2, 0) is 15.7 Å². The number of hydrogen-bond acceptors (Lipinski definition) is 6. The van der Waals surface area contributed by atoms with Gasteiger partial charge in [-0.15, -0.1) is 0 Å². The van der Waals surface area contributed by atoms with E-state index in [-0.39, 0.29) is 25.5 Å². The predicted octanol–water partition coefficient (Wildman–Crippen LogP) is 3.33. The third-order valence-corrected chi connectivity index (χ3v) is 5.09.